The molecule has 1 rings (SSSR count). The molecule has 0 aliphatic carbocycles. The van der Waals surface area contributed by atoms with Gasteiger partial charge in [0.25, 0.3) is 0 Å². The van der Waals surface area contributed by atoms with E-state index in [1.807, 2.05) is 39.0 Å². The van der Waals surface area contributed by atoms with Crippen LogP contribution in [0.2, 0.25) is 0 Å². The lowest BCUT2D eigenvalue weighted by Gasteiger charge is -2.27. The molecule has 1 aromatic carbocycles. The molecule has 0 aliphatic heterocycles. The third-order valence-electron chi connectivity index (χ3n) is 3.58. The third kappa shape index (κ3) is 4.77. The number of amides is 1. The maximum Gasteiger partial charge on any atom is 0.323 e. The second-order valence-electron chi connectivity index (χ2n) is 5.15. The molecule has 1 aromatic rings. The Bertz CT molecular complexity index is 513. The van der Waals surface area contributed by atoms with E-state index >= 15 is 0 Å². The van der Waals surface area contributed by atoms with Crippen LogP contribution in [0.15, 0.2) is 18.2 Å². The zero-order valence-corrected chi connectivity index (χ0v) is 13.0. The minimum Gasteiger partial charge on any atom is -0.496 e. The van der Waals surface area contributed by atoms with E-state index in [1.165, 1.54) is 4.90 Å². The summed E-state index contributed by atoms with van der Waals surface area (Å²) in [5, 5.41) is 8.95. The summed E-state index contributed by atoms with van der Waals surface area (Å²) < 4.78 is 5.24. The van der Waals surface area contributed by atoms with E-state index in [0.717, 1.165) is 23.3 Å². The molecule has 1 amide bonds. The Hall–Kier alpha value is -2.04. The van der Waals surface area contributed by atoms with Crippen LogP contribution in [0.1, 0.15) is 31.4 Å². The van der Waals surface area contributed by atoms with E-state index in [4.69, 9.17) is 9.84 Å². The Balaban J connectivity index is 2.88. The molecule has 1 unspecified atom stereocenters. The Morgan fingerprint density at radius 1 is 1.38 bits per heavy atom. The van der Waals surface area contributed by atoms with E-state index in [1.54, 1.807) is 7.11 Å². The van der Waals surface area contributed by atoms with Crippen molar-refractivity contribution in [2.24, 2.45) is 0 Å². The number of nitrogens with zero attached hydrogens (tertiary/aromatic N) is 1. The molecule has 5 nitrogen and oxygen atoms in total. The number of aliphatic carboxylic acids is 1. The second kappa shape index (κ2) is 7.67. The molecular weight excluding hydrogens is 270 g/mol. The minimum absolute atomic E-state index is 0.0963. The number of ether oxygens (including phenoxy) is 1. The molecule has 0 saturated heterocycles. The van der Waals surface area contributed by atoms with Crippen LogP contribution in [0.5, 0.6) is 5.75 Å². The Kier molecular flexibility index (Phi) is 6.21. The van der Waals surface area contributed by atoms with Gasteiger partial charge in [-0.3, -0.25) is 9.59 Å². The van der Waals surface area contributed by atoms with Crippen molar-refractivity contribution in [1.82, 2.24) is 4.90 Å². The van der Waals surface area contributed by atoms with Gasteiger partial charge in [0.2, 0.25) is 5.91 Å². The first-order valence-electron chi connectivity index (χ1n) is 7.03. The SMILES string of the molecule is CCC(C)N(CC(=O)O)C(=O)Cc1ccc(C)c(OC)c1. The first kappa shape index (κ1) is 17.0. The fraction of sp³-hybridized carbons (Fsp3) is 0.500. The van der Waals surface area contributed by atoms with E-state index in [9.17, 15) is 9.59 Å². The lowest BCUT2D eigenvalue weighted by Crippen LogP contribution is -2.42. The third-order valence-corrected chi connectivity index (χ3v) is 3.58. The number of rotatable bonds is 7. The summed E-state index contributed by atoms with van der Waals surface area (Å²) in [6.45, 7) is 5.45. The van der Waals surface area contributed by atoms with Gasteiger partial charge < -0.3 is 14.7 Å². The molecule has 0 bridgehead atoms. The van der Waals surface area contributed by atoms with Crippen LogP contribution < -0.4 is 4.74 Å². The summed E-state index contributed by atoms with van der Waals surface area (Å²) in [6.07, 6.45) is 0.893. The van der Waals surface area contributed by atoms with E-state index in [2.05, 4.69) is 0 Å². The topological polar surface area (TPSA) is 66.8 Å². The normalized spacial score (nSPS) is 11.8. The number of methoxy groups -OCH3 is 1. The van der Waals surface area contributed by atoms with Crippen molar-refractivity contribution in [2.75, 3.05) is 13.7 Å². The van der Waals surface area contributed by atoms with Gasteiger partial charge in [-0.25, -0.2) is 0 Å². The molecule has 0 saturated carbocycles. The Labute approximate surface area is 125 Å². The van der Waals surface area contributed by atoms with Gasteiger partial charge in [-0.2, -0.15) is 0 Å². The van der Waals surface area contributed by atoms with Crippen LogP contribution in [0.4, 0.5) is 0 Å². The van der Waals surface area contributed by atoms with E-state index < -0.39 is 5.97 Å². The summed E-state index contributed by atoms with van der Waals surface area (Å²) in [6, 6.07) is 5.49. The molecule has 0 radical (unpaired) electrons. The quantitative estimate of drug-likeness (QED) is 0.837. The van der Waals surface area contributed by atoms with Gasteiger partial charge >= 0.3 is 5.97 Å². The van der Waals surface area contributed by atoms with Crippen LogP contribution >= 0.6 is 0 Å². The number of carbonyl (C=O) groups is 2. The molecule has 5 heteroatoms. The van der Waals surface area contributed by atoms with Gasteiger partial charge in [-0.15, -0.1) is 0 Å². The van der Waals surface area contributed by atoms with Gasteiger partial charge in [-0.1, -0.05) is 19.1 Å². The van der Waals surface area contributed by atoms with Crippen molar-refractivity contribution >= 4 is 11.9 Å². The Morgan fingerprint density at radius 2 is 2.05 bits per heavy atom. The van der Waals surface area contributed by atoms with Crippen LogP contribution in [-0.4, -0.2) is 41.6 Å². The smallest absolute Gasteiger partial charge is 0.323 e. The highest BCUT2D eigenvalue weighted by Gasteiger charge is 2.21. The van der Waals surface area contributed by atoms with E-state index in [0.29, 0.717) is 0 Å². The van der Waals surface area contributed by atoms with Crippen molar-refractivity contribution in [3.63, 3.8) is 0 Å². The van der Waals surface area contributed by atoms with Crippen molar-refractivity contribution in [2.45, 2.75) is 39.7 Å². The number of hydrogen-bond acceptors (Lipinski definition) is 3. The molecule has 0 heterocycles. The molecular formula is C16H23NO4. The van der Waals surface area contributed by atoms with Crippen LogP contribution in [0.3, 0.4) is 0 Å². The monoisotopic (exact) mass is 293 g/mol. The predicted molar refractivity (Wildman–Crippen MR) is 80.5 cm³/mol. The van der Waals surface area contributed by atoms with Gasteiger partial charge in [-0.05, 0) is 37.5 Å². The largest absolute Gasteiger partial charge is 0.496 e. The van der Waals surface area contributed by atoms with Crippen molar-refractivity contribution < 1.29 is 19.4 Å². The number of aryl methyl sites for hydroxylation is 1. The van der Waals surface area contributed by atoms with Gasteiger partial charge in [0.15, 0.2) is 0 Å². The first-order valence-corrected chi connectivity index (χ1v) is 7.03. The highest BCUT2D eigenvalue weighted by molar-refractivity contribution is 5.83. The highest BCUT2D eigenvalue weighted by atomic mass is 16.5. The van der Waals surface area contributed by atoms with Gasteiger partial charge in [0.05, 0.1) is 13.5 Å². The fourth-order valence-electron chi connectivity index (χ4n) is 2.11. The van der Waals surface area contributed by atoms with Crippen molar-refractivity contribution in [3.05, 3.63) is 29.3 Å². The molecule has 116 valence electrons. The number of carbonyl (C=O) groups excluding carboxylic acids is 1. The van der Waals surface area contributed by atoms with Crippen LogP contribution in [0.25, 0.3) is 0 Å². The summed E-state index contributed by atoms with van der Waals surface area (Å²) >= 11 is 0. The fourth-order valence-corrected chi connectivity index (χ4v) is 2.11. The van der Waals surface area contributed by atoms with Crippen LogP contribution in [0, 0.1) is 6.92 Å². The molecule has 0 fully saturated rings. The average Bonchev–Trinajstić information content (AvgIpc) is 2.45. The number of hydrogen-bond donors (Lipinski definition) is 1. The standard InChI is InChI=1S/C16H23NO4/c1-5-12(3)17(10-16(19)20)15(18)9-13-7-6-11(2)14(8-13)21-4/h6-8,12H,5,9-10H2,1-4H3,(H,19,20). The van der Waals surface area contributed by atoms with Crippen molar-refractivity contribution in [3.8, 4) is 5.75 Å². The number of carboxylic acids is 1. The molecule has 21 heavy (non-hydrogen) atoms. The highest BCUT2D eigenvalue weighted by Crippen LogP contribution is 2.20. The van der Waals surface area contributed by atoms with Crippen LogP contribution in [-0.2, 0) is 16.0 Å². The first-order chi connectivity index (χ1) is 9.88. The van der Waals surface area contributed by atoms with Gasteiger partial charge in [0, 0.05) is 6.04 Å². The summed E-state index contributed by atoms with van der Waals surface area (Å²) in [5.74, 6) is -0.448. The molecule has 1 atom stereocenters. The zero-order chi connectivity index (χ0) is 16.0. The Morgan fingerprint density at radius 3 is 2.57 bits per heavy atom. The molecule has 0 spiro atoms. The number of benzene rings is 1. The van der Waals surface area contributed by atoms with E-state index in [-0.39, 0.29) is 24.9 Å². The maximum absolute atomic E-state index is 12.4. The maximum atomic E-state index is 12.4. The summed E-state index contributed by atoms with van der Waals surface area (Å²) in [4.78, 5) is 24.7. The summed E-state index contributed by atoms with van der Waals surface area (Å²) in [7, 11) is 1.59. The lowest BCUT2D eigenvalue weighted by molar-refractivity contribution is -0.145. The van der Waals surface area contributed by atoms with Crippen molar-refractivity contribution in [1.29, 1.82) is 0 Å². The zero-order valence-electron chi connectivity index (χ0n) is 13.0. The predicted octanol–water partition coefficient (Wildman–Crippen LogP) is 2.26. The second-order valence-corrected chi connectivity index (χ2v) is 5.15. The molecule has 1 N–H and O–H groups in total. The number of carboxylic acid groups (broad SMARTS) is 1. The average molecular weight is 293 g/mol. The minimum atomic E-state index is -0.995. The van der Waals surface area contributed by atoms with Gasteiger partial charge in [0.1, 0.15) is 12.3 Å². The molecule has 0 aliphatic rings. The summed E-state index contributed by atoms with van der Waals surface area (Å²) in [5.41, 5.74) is 1.82. The molecule has 0 aromatic heterocycles. The lowest BCUT2D eigenvalue weighted by atomic mass is 10.1.